The third-order valence-corrected chi connectivity index (χ3v) is 4.38. The van der Waals surface area contributed by atoms with Gasteiger partial charge in [0.15, 0.2) is 10.8 Å². The highest BCUT2D eigenvalue weighted by atomic mass is 32.2. The van der Waals surface area contributed by atoms with Gasteiger partial charge in [0.2, 0.25) is 0 Å². The minimum Gasteiger partial charge on any atom is -0.462 e. The number of aryl methyl sites for hydroxylation is 1. The maximum atomic E-state index is 13.8. The fourth-order valence-corrected chi connectivity index (χ4v) is 3.12. The number of carbonyl (C=O) groups is 1. The van der Waals surface area contributed by atoms with Crippen molar-refractivity contribution in [2.24, 2.45) is 0 Å². The lowest BCUT2D eigenvalue weighted by Crippen LogP contribution is -2.17. The molecule has 0 spiro atoms. The molecule has 2 heterocycles. The molecule has 0 saturated carbocycles. The van der Waals surface area contributed by atoms with Crippen LogP contribution in [0.2, 0.25) is 0 Å². The van der Waals surface area contributed by atoms with Gasteiger partial charge in [0.25, 0.3) is 5.56 Å². The number of nitrogens with one attached hydrogen (secondary N) is 1. The number of aromatic nitrogens is 3. The van der Waals surface area contributed by atoms with Crippen LogP contribution in [0, 0.1) is 12.7 Å². The van der Waals surface area contributed by atoms with Gasteiger partial charge in [-0.05, 0) is 37.8 Å². The average molecular weight is 373 g/mol. The van der Waals surface area contributed by atoms with Gasteiger partial charge in [-0.25, -0.2) is 19.2 Å². The van der Waals surface area contributed by atoms with Crippen molar-refractivity contribution < 1.29 is 13.9 Å². The van der Waals surface area contributed by atoms with Gasteiger partial charge in [0.05, 0.1) is 23.3 Å². The van der Waals surface area contributed by atoms with E-state index in [0.717, 1.165) is 0 Å². The van der Waals surface area contributed by atoms with E-state index in [4.69, 9.17) is 4.74 Å². The van der Waals surface area contributed by atoms with Gasteiger partial charge in [0.1, 0.15) is 5.82 Å². The van der Waals surface area contributed by atoms with E-state index >= 15 is 0 Å². The highest BCUT2D eigenvalue weighted by Gasteiger charge is 2.24. The van der Waals surface area contributed by atoms with Crippen LogP contribution >= 0.6 is 11.8 Å². The van der Waals surface area contributed by atoms with E-state index in [1.54, 1.807) is 26.2 Å². The van der Waals surface area contributed by atoms with Crippen molar-refractivity contribution in [1.82, 2.24) is 15.0 Å². The topological polar surface area (TPSA) is 84.9 Å². The molecule has 8 heteroatoms. The number of ether oxygens (including phenoxy) is 1. The van der Waals surface area contributed by atoms with E-state index < -0.39 is 17.3 Å². The average Bonchev–Trinajstić information content (AvgIpc) is 2.60. The molecule has 0 amide bonds. The van der Waals surface area contributed by atoms with Crippen LogP contribution in [0.1, 0.15) is 23.0 Å². The molecule has 1 N–H and O–H groups in total. The number of nitrogens with zero attached hydrogens (tertiary/aromatic N) is 2. The molecular weight excluding hydrogens is 357 g/mol. The summed E-state index contributed by atoms with van der Waals surface area (Å²) in [5.74, 6) is -1.10. The Bertz CT molecular complexity index is 1070. The molecule has 0 aliphatic rings. The number of hydrogen-bond acceptors (Lipinski definition) is 6. The molecule has 0 aliphatic carbocycles. The second-order valence-corrected chi connectivity index (χ2v) is 6.25. The molecule has 1 aromatic carbocycles. The molecule has 2 aromatic heterocycles. The van der Waals surface area contributed by atoms with Gasteiger partial charge >= 0.3 is 5.97 Å². The summed E-state index contributed by atoms with van der Waals surface area (Å²) in [6.07, 6.45) is 1.78. The summed E-state index contributed by atoms with van der Waals surface area (Å²) in [5, 5.41) is 0.533. The Morgan fingerprint density at radius 3 is 2.77 bits per heavy atom. The Morgan fingerprint density at radius 2 is 2.12 bits per heavy atom. The molecule has 0 saturated heterocycles. The minimum absolute atomic E-state index is 0.127. The van der Waals surface area contributed by atoms with Crippen LogP contribution in [0.15, 0.2) is 34.2 Å². The van der Waals surface area contributed by atoms with Crippen molar-refractivity contribution >= 4 is 28.8 Å². The standard InChI is InChI=1S/C18H16FN3O3S/c1-4-25-17(24)12-9(2)20-15-14(16(23)22-18(21-15)26-3)13(12)10-6-5-7-11(19)8-10/h5-8H,4H2,1-3H3,(H,20,21,22,23). The highest BCUT2D eigenvalue weighted by molar-refractivity contribution is 7.98. The second kappa shape index (κ2) is 7.25. The Labute approximate surface area is 152 Å². The number of rotatable bonds is 4. The molecule has 3 rings (SSSR count). The summed E-state index contributed by atoms with van der Waals surface area (Å²) in [7, 11) is 0. The molecule has 134 valence electrons. The third kappa shape index (κ3) is 3.20. The van der Waals surface area contributed by atoms with E-state index in [1.165, 1.54) is 30.0 Å². The smallest absolute Gasteiger partial charge is 0.340 e. The number of H-pyrrole nitrogens is 1. The van der Waals surface area contributed by atoms with Gasteiger partial charge in [-0.1, -0.05) is 23.9 Å². The molecular formula is C18H16FN3O3S. The predicted molar refractivity (Wildman–Crippen MR) is 98.0 cm³/mol. The van der Waals surface area contributed by atoms with Gasteiger partial charge < -0.3 is 9.72 Å². The number of pyridine rings is 1. The van der Waals surface area contributed by atoms with E-state index in [1.807, 2.05) is 0 Å². The Morgan fingerprint density at radius 1 is 1.35 bits per heavy atom. The molecule has 6 nitrogen and oxygen atoms in total. The van der Waals surface area contributed by atoms with Crippen LogP contribution in [-0.4, -0.2) is 33.8 Å². The zero-order chi connectivity index (χ0) is 18.8. The summed E-state index contributed by atoms with van der Waals surface area (Å²) in [4.78, 5) is 36.5. The molecule has 0 unspecified atom stereocenters. The largest absolute Gasteiger partial charge is 0.462 e. The first kappa shape index (κ1) is 18.1. The molecule has 3 aromatic rings. The van der Waals surface area contributed by atoms with Crippen molar-refractivity contribution in [3.63, 3.8) is 0 Å². The van der Waals surface area contributed by atoms with Crippen LogP contribution < -0.4 is 5.56 Å². The molecule has 26 heavy (non-hydrogen) atoms. The van der Waals surface area contributed by atoms with Crippen LogP contribution in [0.25, 0.3) is 22.2 Å². The molecule has 0 fully saturated rings. The number of benzene rings is 1. The fourth-order valence-electron chi connectivity index (χ4n) is 2.75. The summed E-state index contributed by atoms with van der Waals surface area (Å²) in [5.41, 5.74) is 0.897. The summed E-state index contributed by atoms with van der Waals surface area (Å²) >= 11 is 1.27. The zero-order valence-electron chi connectivity index (χ0n) is 14.4. The van der Waals surface area contributed by atoms with Crippen molar-refractivity contribution in [3.8, 4) is 11.1 Å². The molecule has 0 atom stereocenters. The molecule has 0 bridgehead atoms. The third-order valence-electron chi connectivity index (χ3n) is 3.80. The first-order valence-electron chi connectivity index (χ1n) is 7.88. The number of thioether (sulfide) groups is 1. The fraction of sp³-hybridized carbons (Fsp3) is 0.222. The van der Waals surface area contributed by atoms with Gasteiger partial charge in [-0.15, -0.1) is 0 Å². The van der Waals surface area contributed by atoms with E-state index in [2.05, 4.69) is 15.0 Å². The molecule has 0 aliphatic heterocycles. The van der Waals surface area contributed by atoms with Crippen LogP contribution in [-0.2, 0) is 4.74 Å². The Hall–Kier alpha value is -2.74. The van der Waals surface area contributed by atoms with Crippen molar-refractivity contribution in [2.75, 3.05) is 12.9 Å². The van der Waals surface area contributed by atoms with E-state index in [0.29, 0.717) is 16.4 Å². The van der Waals surface area contributed by atoms with Gasteiger partial charge in [0, 0.05) is 5.56 Å². The first-order valence-corrected chi connectivity index (χ1v) is 9.10. The number of esters is 1. The summed E-state index contributed by atoms with van der Waals surface area (Å²) in [6, 6.07) is 5.69. The quantitative estimate of drug-likeness (QED) is 0.429. The number of fused-ring (bicyclic) bond motifs is 1. The van der Waals surface area contributed by atoms with Crippen LogP contribution in [0.5, 0.6) is 0 Å². The van der Waals surface area contributed by atoms with E-state index in [9.17, 15) is 14.0 Å². The summed E-state index contributed by atoms with van der Waals surface area (Å²) < 4.78 is 18.9. The van der Waals surface area contributed by atoms with Crippen molar-refractivity contribution in [2.45, 2.75) is 19.0 Å². The maximum absolute atomic E-state index is 13.8. The van der Waals surface area contributed by atoms with Crippen LogP contribution in [0.4, 0.5) is 4.39 Å². The molecule has 0 radical (unpaired) electrons. The highest BCUT2D eigenvalue weighted by Crippen LogP contribution is 2.32. The van der Waals surface area contributed by atoms with Crippen LogP contribution in [0.3, 0.4) is 0 Å². The number of hydrogen-bond donors (Lipinski definition) is 1. The maximum Gasteiger partial charge on any atom is 0.340 e. The first-order chi connectivity index (χ1) is 12.5. The minimum atomic E-state index is -0.619. The normalized spacial score (nSPS) is 10.9. The SMILES string of the molecule is CCOC(=O)c1c(C)nc2nc(SC)[nH]c(=O)c2c1-c1cccc(F)c1. The summed E-state index contributed by atoms with van der Waals surface area (Å²) in [6.45, 7) is 3.48. The lowest BCUT2D eigenvalue weighted by molar-refractivity contribution is 0.0526. The van der Waals surface area contributed by atoms with E-state index in [-0.39, 0.29) is 28.8 Å². The Kier molecular flexibility index (Phi) is 5.03. The van der Waals surface area contributed by atoms with Gasteiger partial charge in [-0.2, -0.15) is 0 Å². The van der Waals surface area contributed by atoms with Crippen molar-refractivity contribution in [3.05, 3.63) is 51.7 Å². The monoisotopic (exact) mass is 373 g/mol. The number of aromatic amines is 1. The Balaban J connectivity index is 2.48. The lowest BCUT2D eigenvalue weighted by atomic mass is 9.96. The zero-order valence-corrected chi connectivity index (χ0v) is 15.2. The number of halogens is 1. The predicted octanol–water partition coefficient (Wildman–Crippen LogP) is 3.33. The van der Waals surface area contributed by atoms with Crippen molar-refractivity contribution in [1.29, 1.82) is 0 Å². The van der Waals surface area contributed by atoms with Gasteiger partial charge in [-0.3, -0.25) is 4.79 Å². The lowest BCUT2D eigenvalue weighted by Gasteiger charge is -2.14. The number of carbonyl (C=O) groups excluding carboxylic acids is 1. The second-order valence-electron chi connectivity index (χ2n) is 5.45.